The van der Waals surface area contributed by atoms with Crippen LogP contribution in [0.5, 0.6) is 0 Å². The van der Waals surface area contributed by atoms with E-state index in [0.29, 0.717) is 19.6 Å². The van der Waals surface area contributed by atoms with Gasteiger partial charge in [-0.25, -0.2) is 13.2 Å². The molecule has 1 aromatic heterocycles. The first kappa shape index (κ1) is 21.3. The summed E-state index contributed by atoms with van der Waals surface area (Å²) in [4.78, 5) is 17.9. The minimum atomic E-state index is -3.04. The molecule has 0 saturated carbocycles. The normalized spacial score (nSPS) is 15.6. The number of carbonyl (C=O) groups is 1. The van der Waals surface area contributed by atoms with Crippen LogP contribution in [-0.4, -0.2) is 56.7 Å². The summed E-state index contributed by atoms with van der Waals surface area (Å²) in [6.45, 7) is 4.51. The molecule has 2 amide bonds. The third-order valence-corrected chi connectivity index (χ3v) is 7.03. The Labute approximate surface area is 178 Å². The van der Waals surface area contributed by atoms with Crippen molar-refractivity contribution in [2.45, 2.75) is 18.8 Å². The molecule has 0 unspecified atom stereocenters. The molecule has 3 rings (SSSR count). The van der Waals surface area contributed by atoms with Gasteiger partial charge in [0.2, 0.25) is 0 Å². The van der Waals surface area contributed by atoms with Gasteiger partial charge in [0, 0.05) is 50.4 Å². The van der Waals surface area contributed by atoms with Crippen LogP contribution in [0.2, 0.25) is 0 Å². The van der Waals surface area contributed by atoms with Gasteiger partial charge in [-0.2, -0.15) is 0 Å². The van der Waals surface area contributed by atoms with Crippen LogP contribution in [0.15, 0.2) is 40.2 Å². The van der Waals surface area contributed by atoms with Crippen molar-refractivity contribution in [1.82, 2.24) is 15.1 Å². The zero-order chi connectivity index (χ0) is 20.1. The van der Waals surface area contributed by atoms with Crippen LogP contribution in [0.25, 0.3) is 0 Å². The molecule has 0 bridgehead atoms. The topological polar surface area (TPSA) is 69.7 Å². The van der Waals surface area contributed by atoms with Gasteiger partial charge in [-0.1, -0.05) is 24.3 Å². The molecular weight excluding hydrogens is 462 g/mol. The maximum Gasteiger partial charge on any atom is 0.317 e. The van der Waals surface area contributed by atoms with Gasteiger partial charge < -0.3 is 10.2 Å². The van der Waals surface area contributed by atoms with E-state index in [9.17, 15) is 13.2 Å². The van der Waals surface area contributed by atoms with Crippen molar-refractivity contribution in [3.8, 4) is 0 Å². The Morgan fingerprint density at radius 1 is 1.07 bits per heavy atom. The number of nitrogens with zero attached hydrogens (tertiary/aromatic N) is 2. The zero-order valence-corrected chi connectivity index (χ0v) is 18.9. The monoisotopic (exact) mass is 485 g/mol. The van der Waals surface area contributed by atoms with Crippen LogP contribution in [0.3, 0.4) is 0 Å². The zero-order valence-electron chi connectivity index (χ0n) is 15.7. The molecule has 0 spiro atoms. The number of urea groups is 1. The lowest BCUT2D eigenvalue weighted by atomic mass is 10.1. The van der Waals surface area contributed by atoms with Crippen LogP contribution >= 0.6 is 27.3 Å². The Balaban J connectivity index is 1.42. The van der Waals surface area contributed by atoms with Crippen molar-refractivity contribution in [3.05, 3.63) is 56.2 Å². The van der Waals surface area contributed by atoms with Crippen LogP contribution < -0.4 is 5.32 Å². The maximum atomic E-state index is 12.4. The van der Waals surface area contributed by atoms with Crippen LogP contribution in [0.4, 0.5) is 4.79 Å². The molecule has 9 heteroatoms. The highest BCUT2D eigenvalue weighted by atomic mass is 79.9. The SMILES string of the molecule is CS(=O)(=O)Cc1ccc(CNC(=O)N2CCN(Cc3ccc(Br)s3)CC2)cc1. The van der Waals surface area contributed by atoms with Gasteiger partial charge in [0.1, 0.15) is 0 Å². The maximum absolute atomic E-state index is 12.4. The molecule has 2 aromatic rings. The number of hydrogen-bond acceptors (Lipinski definition) is 5. The minimum absolute atomic E-state index is 0.0341. The summed E-state index contributed by atoms with van der Waals surface area (Å²) >= 11 is 5.24. The van der Waals surface area contributed by atoms with Crippen molar-refractivity contribution < 1.29 is 13.2 Å². The molecule has 0 radical (unpaired) electrons. The fraction of sp³-hybridized carbons (Fsp3) is 0.421. The largest absolute Gasteiger partial charge is 0.334 e. The highest BCUT2D eigenvalue weighted by Gasteiger charge is 2.21. The van der Waals surface area contributed by atoms with E-state index in [-0.39, 0.29) is 11.8 Å². The predicted molar refractivity (Wildman–Crippen MR) is 116 cm³/mol. The first-order valence-corrected chi connectivity index (χ1v) is 12.7. The van der Waals surface area contributed by atoms with Crippen molar-refractivity contribution >= 4 is 43.1 Å². The Kier molecular flexibility index (Phi) is 7.14. The molecule has 1 fully saturated rings. The number of rotatable bonds is 6. The molecule has 28 heavy (non-hydrogen) atoms. The number of nitrogens with one attached hydrogen (secondary N) is 1. The van der Waals surface area contributed by atoms with E-state index < -0.39 is 9.84 Å². The summed E-state index contributed by atoms with van der Waals surface area (Å²) in [6.07, 6.45) is 1.22. The Bertz CT molecular complexity index is 905. The number of sulfone groups is 1. The second-order valence-corrected chi connectivity index (χ2v) is 11.7. The fourth-order valence-corrected chi connectivity index (χ4v) is 5.44. The summed E-state index contributed by atoms with van der Waals surface area (Å²) in [5, 5.41) is 2.95. The number of thiophene rings is 1. The highest BCUT2D eigenvalue weighted by Crippen LogP contribution is 2.23. The molecule has 6 nitrogen and oxygen atoms in total. The van der Waals surface area contributed by atoms with E-state index in [4.69, 9.17) is 0 Å². The summed E-state index contributed by atoms with van der Waals surface area (Å²) in [6, 6.07) is 11.5. The number of benzene rings is 1. The van der Waals surface area contributed by atoms with Crippen molar-refractivity contribution in [2.75, 3.05) is 32.4 Å². The van der Waals surface area contributed by atoms with Crippen molar-refractivity contribution in [3.63, 3.8) is 0 Å². The standard InChI is InChI=1S/C19H24BrN3O3S2/c1-28(25,26)14-16-4-2-15(3-5-16)12-21-19(24)23-10-8-22(9-11-23)13-17-6-7-18(20)27-17/h2-7H,8-14H2,1H3,(H,21,24). The minimum Gasteiger partial charge on any atom is -0.334 e. The van der Waals surface area contributed by atoms with Gasteiger partial charge in [-0.3, -0.25) is 4.90 Å². The van der Waals surface area contributed by atoms with Crippen molar-refractivity contribution in [2.24, 2.45) is 0 Å². The van der Waals surface area contributed by atoms with E-state index in [2.05, 4.69) is 38.3 Å². The van der Waals surface area contributed by atoms with Crippen LogP contribution in [-0.2, 0) is 28.7 Å². The Hall–Kier alpha value is -1.42. The molecule has 1 N–H and O–H groups in total. The highest BCUT2D eigenvalue weighted by molar-refractivity contribution is 9.11. The Morgan fingerprint density at radius 2 is 1.71 bits per heavy atom. The van der Waals surface area contributed by atoms with Crippen molar-refractivity contribution in [1.29, 1.82) is 0 Å². The van der Waals surface area contributed by atoms with E-state index in [0.717, 1.165) is 34.5 Å². The van der Waals surface area contributed by atoms with E-state index in [1.165, 1.54) is 11.1 Å². The van der Waals surface area contributed by atoms with Gasteiger partial charge in [0.25, 0.3) is 0 Å². The number of piperazine rings is 1. The van der Waals surface area contributed by atoms with Gasteiger partial charge in [-0.15, -0.1) is 11.3 Å². The average molecular weight is 486 g/mol. The quantitative estimate of drug-likeness (QED) is 0.682. The van der Waals surface area contributed by atoms with Gasteiger partial charge in [-0.05, 0) is 39.2 Å². The predicted octanol–water partition coefficient (Wildman–Crippen LogP) is 3.08. The molecule has 1 aliphatic heterocycles. The lowest BCUT2D eigenvalue weighted by molar-refractivity contribution is 0.135. The number of amides is 2. The molecule has 0 aliphatic carbocycles. The molecular formula is C19H24BrN3O3S2. The van der Waals surface area contributed by atoms with Gasteiger partial charge >= 0.3 is 6.03 Å². The van der Waals surface area contributed by atoms with Gasteiger partial charge in [0.05, 0.1) is 9.54 Å². The van der Waals surface area contributed by atoms with Crippen LogP contribution in [0.1, 0.15) is 16.0 Å². The molecule has 0 atom stereocenters. The van der Waals surface area contributed by atoms with E-state index in [1.807, 2.05) is 17.0 Å². The number of hydrogen-bond donors (Lipinski definition) is 1. The van der Waals surface area contributed by atoms with Gasteiger partial charge in [0.15, 0.2) is 9.84 Å². The smallest absolute Gasteiger partial charge is 0.317 e. The van der Waals surface area contributed by atoms with Crippen LogP contribution in [0, 0.1) is 0 Å². The van der Waals surface area contributed by atoms with E-state index >= 15 is 0 Å². The summed E-state index contributed by atoms with van der Waals surface area (Å²) in [5.41, 5.74) is 1.71. The summed E-state index contributed by atoms with van der Waals surface area (Å²) in [7, 11) is -3.04. The molecule has 1 aromatic carbocycles. The number of carbonyl (C=O) groups excluding carboxylic acids is 1. The molecule has 1 aliphatic rings. The lowest BCUT2D eigenvalue weighted by Crippen LogP contribution is -2.51. The Morgan fingerprint density at radius 3 is 2.29 bits per heavy atom. The second kappa shape index (κ2) is 9.39. The third kappa shape index (κ3) is 6.58. The third-order valence-electron chi connectivity index (χ3n) is 4.56. The first-order valence-electron chi connectivity index (χ1n) is 9.03. The lowest BCUT2D eigenvalue weighted by Gasteiger charge is -2.34. The molecule has 2 heterocycles. The number of halogens is 1. The second-order valence-electron chi connectivity index (χ2n) is 7.01. The summed E-state index contributed by atoms with van der Waals surface area (Å²) < 4.78 is 23.8. The first-order chi connectivity index (χ1) is 13.3. The molecule has 1 saturated heterocycles. The average Bonchev–Trinajstić information content (AvgIpc) is 3.05. The van der Waals surface area contributed by atoms with E-state index in [1.54, 1.807) is 23.5 Å². The fourth-order valence-electron chi connectivity index (χ4n) is 3.11. The molecule has 152 valence electrons. The summed E-state index contributed by atoms with van der Waals surface area (Å²) in [5.74, 6) is 0.0341.